The van der Waals surface area contributed by atoms with E-state index in [1.54, 1.807) is 7.11 Å². The highest BCUT2D eigenvalue weighted by molar-refractivity contribution is 5.85. The van der Waals surface area contributed by atoms with Crippen LogP contribution in [0.2, 0.25) is 0 Å². The molecule has 0 aliphatic carbocycles. The van der Waals surface area contributed by atoms with E-state index in [-0.39, 0.29) is 24.9 Å². The fourth-order valence-corrected chi connectivity index (χ4v) is 1.98. The van der Waals surface area contributed by atoms with E-state index in [2.05, 4.69) is 10.6 Å². The number of methoxy groups -OCH3 is 1. The Bertz CT molecular complexity index is 608. The van der Waals surface area contributed by atoms with E-state index in [9.17, 15) is 4.79 Å². The number of carbonyl (C=O) groups excluding carboxylic acids is 1. The maximum absolute atomic E-state index is 11.7. The number of amides is 1. The fourth-order valence-electron chi connectivity index (χ4n) is 1.98. The number of halogens is 1. The van der Waals surface area contributed by atoms with Crippen molar-refractivity contribution in [1.29, 1.82) is 0 Å². The van der Waals surface area contributed by atoms with Crippen molar-refractivity contribution in [2.45, 2.75) is 6.54 Å². The van der Waals surface area contributed by atoms with E-state index in [4.69, 9.17) is 9.47 Å². The summed E-state index contributed by atoms with van der Waals surface area (Å²) in [7, 11) is 1.63. The van der Waals surface area contributed by atoms with Crippen LogP contribution in [0.25, 0.3) is 0 Å². The Kier molecular flexibility index (Phi) is 9.53. The summed E-state index contributed by atoms with van der Waals surface area (Å²) in [6, 6.07) is 17.3. The first kappa shape index (κ1) is 20.0. The van der Waals surface area contributed by atoms with E-state index in [1.807, 2.05) is 54.6 Å². The van der Waals surface area contributed by atoms with Gasteiger partial charge in [0.05, 0.1) is 13.2 Å². The lowest BCUT2D eigenvalue weighted by atomic mass is 10.2. The van der Waals surface area contributed by atoms with Crippen molar-refractivity contribution in [2.24, 2.45) is 0 Å². The van der Waals surface area contributed by atoms with Crippen molar-refractivity contribution in [1.82, 2.24) is 10.6 Å². The number of para-hydroxylation sites is 1. The molecule has 1 amide bonds. The van der Waals surface area contributed by atoms with E-state index in [0.717, 1.165) is 17.1 Å². The molecule has 2 N–H and O–H groups in total. The third-order valence-corrected chi connectivity index (χ3v) is 3.14. The molecule has 0 heterocycles. The molecule has 0 aromatic heterocycles. The summed E-state index contributed by atoms with van der Waals surface area (Å²) >= 11 is 0. The summed E-state index contributed by atoms with van der Waals surface area (Å²) < 4.78 is 10.7. The number of hydrogen-bond donors (Lipinski definition) is 2. The van der Waals surface area contributed by atoms with E-state index < -0.39 is 0 Å². The van der Waals surface area contributed by atoms with Crippen LogP contribution in [0.15, 0.2) is 54.6 Å². The van der Waals surface area contributed by atoms with Crippen molar-refractivity contribution < 1.29 is 14.3 Å². The molecule has 0 saturated heterocycles. The Morgan fingerprint density at radius 1 is 1.04 bits per heavy atom. The zero-order valence-electron chi connectivity index (χ0n) is 13.7. The monoisotopic (exact) mass is 350 g/mol. The van der Waals surface area contributed by atoms with Gasteiger partial charge in [-0.25, -0.2) is 0 Å². The fraction of sp³-hybridized carbons (Fsp3) is 0.278. The second-order valence-corrected chi connectivity index (χ2v) is 5.01. The second-order valence-electron chi connectivity index (χ2n) is 5.01. The minimum absolute atomic E-state index is 0. The van der Waals surface area contributed by atoms with Gasteiger partial charge in [0.25, 0.3) is 0 Å². The highest BCUT2D eigenvalue weighted by Gasteiger charge is 2.02. The lowest BCUT2D eigenvalue weighted by molar-refractivity contribution is -0.120. The van der Waals surface area contributed by atoms with Crippen LogP contribution >= 0.6 is 12.4 Å². The van der Waals surface area contributed by atoms with Crippen molar-refractivity contribution >= 4 is 18.3 Å². The first-order valence-corrected chi connectivity index (χ1v) is 7.56. The maximum atomic E-state index is 11.7. The van der Waals surface area contributed by atoms with E-state index in [0.29, 0.717) is 19.7 Å². The Morgan fingerprint density at radius 2 is 1.79 bits per heavy atom. The highest BCUT2D eigenvalue weighted by Crippen LogP contribution is 2.21. The molecule has 5 nitrogen and oxygen atoms in total. The minimum Gasteiger partial charge on any atom is -0.457 e. The van der Waals surface area contributed by atoms with Crippen LogP contribution in [-0.2, 0) is 16.1 Å². The molecule has 0 radical (unpaired) electrons. The molecule has 0 unspecified atom stereocenters. The SMILES string of the molecule is COCCNCC(=O)NCc1cccc(Oc2ccccc2)c1.Cl. The number of rotatable bonds is 9. The van der Waals surface area contributed by atoms with Gasteiger partial charge in [-0.3, -0.25) is 4.79 Å². The summed E-state index contributed by atoms with van der Waals surface area (Å²) in [5.74, 6) is 1.49. The molecule has 0 atom stereocenters. The molecule has 130 valence electrons. The molecule has 2 rings (SSSR count). The first-order chi connectivity index (χ1) is 11.3. The lowest BCUT2D eigenvalue weighted by Gasteiger charge is -2.09. The van der Waals surface area contributed by atoms with Gasteiger partial charge in [0.15, 0.2) is 0 Å². The van der Waals surface area contributed by atoms with Crippen molar-refractivity contribution in [2.75, 3.05) is 26.8 Å². The van der Waals surface area contributed by atoms with Crippen LogP contribution in [-0.4, -0.2) is 32.7 Å². The summed E-state index contributed by atoms with van der Waals surface area (Å²) in [6.07, 6.45) is 0. The summed E-state index contributed by atoms with van der Waals surface area (Å²) in [5, 5.41) is 5.87. The minimum atomic E-state index is -0.0458. The van der Waals surface area contributed by atoms with Gasteiger partial charge < -0.3 is 20.1 Å². The Hall–Kier alpha value is -2.08. The molecule has 2 aromatic carbocycles. The molecule has 0 bridgehead atoms. The predicted molar refractivity (Wildman–Crippen MR) is 96.8 cm³/mol. The Morgan fingerprint density at radius 3 is 2.54 bits per heavy atom. The van der Waals surface area contributed by atoms with Crippen LogP contribution in [0.1, 0.15) is 5.56 Å². The third-order valence-electron chi connectivity index (χ3n) is 3.14. The van der Waals surface area contributed by atoms with Gasteiger partial charge in [0.1, 0.15) is 11.5 Å². The molecule has 0 aliphatic rings. The quantitative estimate of drug-likeness (QED) is 0.683. The third kappa shape index (κ3) is 7.46. The van der Waals surface area contributed by atoms with Crippen LogP contribution < -0.4 is 15.4 Å². The van der Waals surface area contributed by atoms with E-state index in [1.165, 1.54) is 0 Å². The Balaban J connectivity index is 0.00000288. The molecule has 0 saturated carbocycles. The Labute approximate surface area is 148 Å². The standard InChI is InChI=1S/C18H22N2O3.ClH/c1-22-11-10-19-14-18(21)20-13-15-6-5-9-17(12-15)23-16-7-3-2-4-8-16;/h2-9,12,19H,10-11,13-14H2,1H3,(H,20,21);1H. The average Bonchev–Trinajstić information content (AvgIpc) is 2.58. The van der Waals surface area contributed by atoms with Crippen LogP contribution in [0.5, 0.6) is 11.5 Å². The largest absolute Gasteiger partial charge is 0.457 e. The summed E-state index contributed by atoms with van der Waals surface area (Å²) in [5.41, 5.74) is 0.990. The zero-order valence-corrected chi connectivity index (χ0v) is 14.5. The topological polar surface area (TPSA) is 59.6 Å². The van der Waals surface area contributed by atoms with Gasteiger partial charge in [-0.15, -0.1) is 12.4 Å². The smallest absolute Gasteiger partial charge is 0.234 e. The normalized spacial score (nSPS) is 9.88. The lowest BCUT2D eigenvalue weighted by Crippen LogP contribution is -2.34. The highest BCUT2D eigenvalue weighted by atomic mass is 35.5. The van der Waals surface area contributed by atoms with Crippen molar-refractivity contribution in [3.8, 4) is 11.5 Å². The molecule has 24 heavy (non-hydrogen) atoms. The van der Waals surface area contributed by atoms with Gasteiger partial charge in [-0.1, -0.05) is 30.3 Å². The molecule has 2 aromatic rings. The molecule has 0 fully saturated rings. The van der Waals surface area contributed by atoms with Gasteiger partial charge >= 0.3 is 0 Å². The molecular formula is C18H23ClN2O3. The zero-order chi connectivity index (χ0) is 16.3. The van der Waals surface area contributed by atoms with Crippen molar-refractivity contribution in [3.05, 3.63) is 60.2 Å². The number of hydrogen-bond acceptors (Lipinski definition) is 4. The van der Waals surface area contributed by atoms with Crippen LogP contribution in [0.4, 0.5) is 0 Å². The number of nitrogens with one attached hydrogen (secondary N) is 2. The molecular weight excluding hydrogens is 328 g/mol. The van der Waals surface area contributed by atoms with Crippen LogP contribution in [0.3, 0.4) is 0 Å². The number of ether oxygens (including phenoxy) is 2. The average molecular weight is 351 g/mol. The maximum Gasteiger partial charge on any atom is 0.234 e. The van der Waals surface area contributed by atoms with Crippen LogP contribution in [0, 0.1) is 0 Å². The van der Waals surface area contributed by atoms with Gasteiger partial charge in [0.2, 0.25) is 5.91 Å². The molecule has 0 aliphatic heterocycles. The number of benzene rings is 2. The van der Waals surface area contributed by atoms with E-state index >= 15 is 0 Å². The predicted octanol–water partition coefficient (Wildman–Crippen LogP) is 2.75. The first-order valence-electron chi connectivity index (χ1n) is 7.56. The van der Waals surface area contributed by atoms with Crippen molar-refractivity contribution in [3.63, 3.8) is 0 Å². The summed E-state index contributed by atoms with van der Waals surface area (Å²) in [6.45, 7) is 2.00. The van der Waals surface area contributed by atoms with Gasteiger partial charge in [0, 0.05) is 20.2 Å². The molecule has 0 spiro atoms. The number of carbonyl (C=O) groups is 1. The van der Waals surface area contributed by atoms with Gasteiger partial charge in [-0.05, 0) is 29.8 Å². The second kappa shape index (κ2) is 11.5. The molecule has 6 heteroatoms. The van der Waals surface area contributed by atoms with Gasteiger partial charge in [-0.2, -0.15) is 0 Å². The summed E-state index contributed by atoms with van der Waals surface area (Å²) in [4.78, 5) is 11.7.